The molecule has 2 aromatic heterocycles. The molecule has 3 saturated carbocycles. The fourth-order valence-corrected chi connectivity index (χ4v) is 4.97. The van der Waals surface area contributed by atoms with Gasteiger partial charge >= 0.3 is 0 Å². The third-order valence-electron chi connectivity index (χ3n) is 6.64. The van der Waals surface area contributed by atoms with Gasteiger partial charge < -0.3 is 4.74 Å². The lowest BCUT2D eigenvalue weighted by Crippen LogP contribution is -2.34. The summed E-state index contributed by atoms with van der Waals surface area (Å²) in [5.41, 5.74) is 2.92. The largest absolute Gasteiger partial charge is 0.490 e. The minimum atomic E-state index is 0.389. The molecule has 2 aromatic rings. The molecule has 0 radical (unpaired) electrons. The van der Waals surface area contributed by atoms with Crippen molar-refractivity contribution < 1.29 is 4.74 Å². The van der Waals surface area contributed by atoms with Crippen LogP contribution in [0.3, 0.4) is 0 Å². The average molecular weight is 325 g/mol. The van der Waals surface area contributed by atoms with Crippen LogP contribution in [0.5, 0.6) is 5.75 Å². The van der Waals surface area contributed by atoms with Crippen LogP contribution < -0.4 is 4.74 Å². The van der Waals surface area contributed by atoms with Gasteiger partial charge in [0, 0.05) is 17.8 Å². The van der Waals surface area contributed by atoms with Gasteiger partial charge in [0.2, 0.25) is 0 Å². The number of hydrogen-bond acceptors (Lipinski definition) is 3. The van der Waals surface area contributed by atoms with Crippen LogP contribution in [0.15, 0.2) is 18.6 Å². The Hall–Kier alpha value is -1.58. The van der Waals surface area contributed by atoms with E-state index in [9.17, 15) is 0 Å². The van der Waals surface area contributed by atoms with Gasteiger partial charge in [-0.1, -0.05) is 19.3 Å². The number of ether oxygens (including phenoxy) is 1. The lowest BCUT2D eigenvalue weighted by molar-refractivity contribution is 0.0519. The van der Waals surface area contributed by atoms with Crippen LogP contribution in [0, 0.1) is 5.41 Å². The quantitative estimate of drug-likeness (QED) is 0.807. The van der Waals surface area contributed by atoms with E-state index in [1.54, 1.807) is 6.33 Å². The van der Waals surface area contributed by atoms with E-state index in [-0.39, 0.29) is 0 Å². The number of rotatable bonds is 3. The number of nitrogens with zero attached hydrogens (tertiary/aromatic N) is 3. The van der Waals surface area contributed by atoms with Gasteiger partial charge in [0.1, 0.15) is 12.1 Å². The van der Waals surface area contributed by atoms with Crippen LogP contribution in [-0.4, -0.2) is 20.7 Å². The van der Waals surface area contributed by atoms with Crippen LogP contribution in [0.1, 0.15) is 82.1 Å². The summed E-state index contributed by atoms with van der Waals surface area (Å²) in [4.78, 5) is 0. The van der Waals surface area contributed by atoms with Gasteiger partial charge in [-0.15, -0.1) is 10.2 Å². The summed E-state index contributed by atoms with van der Waals surface area (Å²) in [5, 5.41) is 8.22. The van der Waals surface area contributed by atoms with Crippen molar-refractivity contribution in [2.24, 2.45) is 5.41 Å². The second-order valence-electron chi connectivity index (χ2n) is 8.34. The lowest BCUT2D eigenvalue weighted by Gasteiger charge is -2.43. The highest BCUT2D eigenvalue weighted by Gasteiger charge is 2.37. The fourth-order valence-electron chi connectivity index (χ4n) is 4.97. The van der Waals surface area contributed by atoms with Crippen LogP contribution >= 0.6 is 0 Å². The topological polar surface area (TPSA) is 39.4 Å². The summed E-state index contributed by atoms with van der Waals surface area (Å²) >= 11 is 0. The van der Waals surface area contributed by atoms with Gasteiger partial charge in [-0.25, -0.2) is 0 Å². The normalized spacial score (nSPS) is 24.5. The first kappa shape index (κ1) is 14.7. The van der Waals surface area contributed by atoms with Gasteiger partial charge in [0.25, 0.3) is 0 Å². The van der Waals surface area contributed by atoms with Crippen LogP contribution in [-0.2, 0) is 0 Å². The molecule has 5 rings (SSSR count). The van der Waals surface area contributed by atoms with Crippen molar-refractivity contribution in [2.45, 2.75) is 82.7 Å². The Labute approximate surface area is 143 Å². The monoisotopic (exact) mass is 325 g/mol. The molecule has 3 fully saturated rings. The first-order valence-corrected chi connectivity index (χ1v) is 9.81. The first-order valence-electron chi connectivity index (χ1n) is 9.81. The molecule has 128 valence electrons. The molecule has 0 aliphatic heterocycles. The van der Waals surface area contributed by atoms with E-state index in [1.807, 2.05) is 4.40 Å². The van der Waals surface area contributed by atoms with Gasteiger partial charge in [0.15, 0.2) is 5.65 Å². The number of aromatic nitrogens is 3. The van der Waals surface area contributed by atoms with Gasteiger partial charge in [0.05, 0.1) is 6.10 Å². The molecule has 0 unspecified atom stereocenters. The number of hydrogen-bond donors (Lipinski definition) is 0. The van der Waals surface area contributed by atoms with E-state index in [0.717, 1.165) is 11.4 Å². The Morgan fingerprint density at radius 1 is 1.00 bits per heavy atom. The van der Waals surface area contributed by atoms with Crippen molar-refractivity contribution in [3.63, 3.8) is 0 Å². The molecule has 24 heavy (non-hydrogen) atoms. The summed E-state index contributed by atoms with van der Waals surface area (Å²) in [7, 11) is 0. The molecule has 0 aromatic carbocycles. The summed E-state index contributed by atoms with van der Waals surface area (Å²) in [6, 6.07) is 2.10. The molecule has 0 saturated heterocycles. The van der Waals surface area contributed by atoms with Crippen molar-refractivity contribution >= 4 is 5.65 Å². The van der Waals surface area contributed by atoms with E-state index >= 15 is 0 Å². The maximum Gasteiger partial charge on any atom is 0.164 e. The SMILES string of the molecule is c1c(OC2CCC3(CCCCC3)CC2)c(C2CC2)cn2cnnc12. The summed E-state index contributed by atoms with van der Waals surface area (Å²) in [6.07, 6.45) is 19.4. The zero-order valence-corrected chi connectivity index (χ0v) is 14.4. The summed E-state index contributed by atoms with van der Waals surface area (Å²) < 4.78 is 8.54. The van der Waals surface area contributed by atoms with E-state index < -0.39 is 0 Å². The molecule has 3 aliphatic carbocycles. The van der Waals surface area contributed by atoms with Crippen molar-refractivity contribution in [1.29, 1.82) is 0 Å². The van der Waals surface area contributed by atoms with E-state index in [1.165, 1.54) is 76.2 Å². The smallest absolute Gasteiger partial charge is 0.164 e. The third-order valence-corrected chi connectivity index (χ3v) is 6.64. The predicted molar refractivity (Wildman–Crippen MR) is 93.4 cm³/mol. The fraction of sp³-hybridized carbons (Fsp3) is 0.700. The average Bonchev–Trinajstić information content (AvgIpc) is 3.36. The minimum Gasteiger partial charge on any atom is -0.490 e. The highest BCUT2D eigenvalue weighted by atomic mass is 16.5. The van der Waals surface area contributed by atoms with Crippen molar-refractivity contribution in [3.05, 3.63) is 24.2 Å². The van der Waals surface area contributed by atoms with Crippen molar-refractivity contribution in [2.75, 3.05) is 0 Å². The van der Waals surface area contributed by atoms with Gasteiger partial charge in [-0.05, 0) is 62.7 Å². The molecule has 0 N–H and O–H groups in total. The summed E-state index contributed by atoms with van der Waals surface area (Å²) in [5.74, 6) is 1.75. The zero-order chi connectivity index (χ0) is 16.0. The number of pyridine rings is 1. The Balaban J connectivity index is 1.33. The van der Waals surface area contributed by atoms with Gasteiger partial charge in [-0.2, -0.15) is 0 Å². The highest BCUT2D eigenvalue weighted by molar-refractivity contribution is 5.49. The molecular weight excluding hydrogens is 298 g/mol. The lowest BCUT2D eigenvalue weighted by atomic mass is 9.65. The second-order valence-corrected chi connectivity index (χ2v) is 8.34. The van der Waals surface area contributed by atoms with Crippen molar-refractivity contribution in [1.82, 2.24) is 14.6 Å². The Morgan fingerprint density at radius 3 is 2.54 bits per heavy atom. The van der Waals surface area contributed by atoms with E-state index in [0.29, 0.717) is 17.4 Å². The molecule has 0 atom stereocenters. The van der Waals surface area contributed by atoms with Gasteiger partial charge in [-0.3, -0.25) is 4.40 Å². The standard InChI is InChI=1S/C20H27N3O/c1-2-8-20(9-3-1)10-6-16(7-11-20)24-18-12-19-22-21-14-23(19)13-17(18)15-4-5-15/h12-16H,1-11H2. The molecule has 2 heterocycles. The maximum absolute atomic E-state index is 6.52. The maximum atomic E-state index is 6.52. The van der Waals surface area contributed by atoms with E-state index in [2.05, 4.69) is 22.5 Å². The molecule has 4 nitrogen and oxygen atoms in total. The van der Waals surface area contributed by atoms with Crippen LogP contribution in [0.25, 0.3) is 5.65 Å². The molecule has 0 bridgehead atoms. The Morgan fingerprint density at radius 2 is 1.79 bits per heavy atom. The second kappa shape index (κ2) is 5.75. The van der Waals surface area contributed by atoms with Crippen LogP contribution in [0.4, 0.5) is 0 Å². The molecule has 4 heteroatoms. The highest BCUT2D eigenvalue weighted by Crippen LogP contribution is 2.49. The molecular formula is C20H27N3O. The van der Waals surface area contributed by atoms with Crippen LogP contribution in [0.2, 0.25) is 0 Å². The Bertz CT molecular complexity index is 718. The zero-order valence-electron chi connectivity index (χ0n) is 14.4. The first-order chi connectivity index (χ1) is 11.8. The summed E-state index contributed by atoms with van der Waals surface area (Å²) in [6.45, 7) is 0. The third kappa shape index (κ3) is 2.70. The van der Waals surface area contributed by atoms with E-state index in [4.69, 9.17) is 4.74 Å². The minimum absolute atomic E-state index is 0.389. The Kier molecular flexibility index (Phi) is 3.53. The number of fused-ring (bicyclic) bond motifs is 1. The molecule has 3 aliphatic rings. The molecule has 0 amide bonds. The van der Waals surface area contributed by atoms with Crippen molar-refractivity contribution in [3.8, 4) is 5.75 Å². The molecule has 1 spiro atoms. The predicted octanol–water partition coefficient (Wildman–Crippen LogP) is 4.88.